The molecule has 0 heterocycles. The lowest BCUT2D eigenvalue weighted by Crippen LogP contribution is -2.34. The summed E-state index contributed by atoms with van der Waals surface area (Å²) in [6, 6.07) is 6.78. The molecule has 0 fully saturated rings. The quantitative estimate of drug-likeness (QED) is 0.316. The van der Waals surface area contributed by atoms with Gasteiger partial charge in [-0.25, -0.2) is 5.43 Å². The molecule has 4 N–H and O–H groups in total. The van der Waals surface area contributed by atoms with Crippen LogP contribution in [-0.2, 0) is 11.8 Å². The number of aryl methyl sites for hydroxylation is 1. The van der Waals surface area contributed by atoms with Gasteiger partial charge in [0.1, 0.15) is 0 Å². The molecule has 3 heteroatoms. The summed E-state index contributed by atoms with van der Waals surface area (Å²) in [5.74, 6) is 5.21. The van der Waals surface area contributed by atoms with E-state index in [0.717, 1.165) is 13.0 Å². The Labute approximate surface area is 105 Å². The lowest BCUT2D eigenvalue weighted by atomic mass is 9.85. The molecule has 0 aliphatic carbocycles. The maximum Gasteiger partial charge on any atom is 0.0587 e. The van der Waals surface area contributed by atoms with E-state index in [1.807, 2.05) is 0 Å². The molecule has 1 aromatic carbocycles. The molecule has 0 aliphatic heterocycles. The molecule has 96 valence electrons. The first-order chi connectivity index (χ1) is 7.95. The van der Waals surface area contributed by atoms with Crippen LogP contribution in [0.1, 0.15) is 37.5 Å². The van der Waals surface area contributed by atoms with Gasteiger partial charge in [-0.2, -0.15) is 0 Å². The second-order valence-electron chi connectivity index (χ2n) is 5.52. The van der Waals surface area contributed by atoms with Crippen molar-refractivity contribution in [2.45, 2.75) is 39.5 Å². The predicted molar refractivity (Wildman–Crippen MR) is 73.8 cm³/mol. The first-order valence-corrected chi connectivity index (χ1v) is 6.19. The molecule has 0 radical (unpaired) electrons. The Morgan fingerprint density at radius 1 is 1.24 bits per heavy atom. The van der Waals surface area contributed by atoms with Crippen molar-refractivity contribution in [3.05, 3.63) is 34.9 Å². The minimum Gasteiger partial charge on any atom is -0.303 e. The zero-order chi connectivity index (χ0) is 12.9. The Bertz CT molecular complexity index is 353. The number of hydrogen-bond acceptors (Lipinski definition) is 3. The van der Waals surface area contributed by atoms with E-state index in [9.17, 15) is 0 Å². The molecule has 0 saturated heterocycles. The summed E-state index contributed by atoms with van der Waals surface area (Å²) in [6.07, 6.45) is 1.04. The van der Waals surface area contributed by atoms with Crippen LogP contribution in [0.5, 0.6) is 0 Å². The summed E-state index contributed by atoms with van der Waals surface area (Å²) < 4.78 is 0. The lowest BCUT2D eigenvalue weighted by Gasteiger charge is -2.21. The second kappa shape index (κ2) is 6.15. The maximum absolute atomic E-state index is 5.21. The molecule has 17 heavy (non-hydrogen) atoms. The van der Waals surface area contributed by atoms with Crippen LogP contribution in [0.3, 0.4) is 0 Å². The zero-order valence-corrected chi connectivity index (χ0v) is 11.4. The number of hydrogen-bond donors (Lipinski definition) is 3. The number of nitrogens with two attached hydrogens (primary N) is 1. The van der Waals surface area contributed by atoms with Gasteiger partial charge in [-0.3, -0.25) is 5.84 Å². The van der Waals surface area contributed by atoms with Crippen molar-refractivity contribution in [1.82, 2.24) is 10.7 Å². The van der Waals surface area contributed by atoms with E-state index in [0.29, 0.717) is 6.67 Å². The fraction of sp³-hybridized carbons (Fsp3) is 0.571. The lowest BCUT2D eigenvalue weighted by molar-refractivity contribution is 0.585. The number of nitrogens with one attached hydrogen (secondary N) is 2. The fourth-order valence-electron chi connectivity index (χ4n) is 1.79. The highest BCUT2D eigenvalue weighted by atomic mass is 15.3. The van der Waals surface area contributed by atoms with Gasteiger partial charge < -0.3 is 5.32 Å². The van der Waals surface area contributed by atoms with Crippen LogP contribution in [0.4, 0.5) is 0 Å². The third-order valence-corrected chi connectivity index (χ3v) is 3.01. The normalized spacial score (nSPS) is 11.8. The smallest absolute Gasteiger partial charge is 0.0587 e. The van der Waals surface area contributed by atoms with Gasteiger partial charge in [0.05, 0.1) is 6.67 Å². The topological polar surface area (TPSA) is 50.1 Å². The molecule has 0 aliphatic rings. The highest BCUT2D eigenvalue weighted by Gasteiger charge is 2.14. The summed E-state index contributed by atoms with van der Waals surface area (Å²) in [6.45, 7) is 10.5. The van der Waals surface area contributed by atoms with Gasteiger partial charge in [-0.05, 0) is 35.4 Å². The summed E-state index contributed by atoms with van der Waals surface area (Å²) in [5.41, 5.74) is 6.99. The molecule has 0 spiro atoms. The third kappa shape index (κ3) is 4.46. The Morgan fingerprint density at radius 2 is 1.94 bits per heavy atom. The van der Waals surface area contributed by atoms with Crippen LogP contribution in [0.25, 0.3) is 0 Å². The monoisotopic (exact) mass is 235 g/mol. The van der Waals surface area contributed by atoms with Gasteiger partial charge in [0.2, 0.25) is 0 Å². The number of hydrazine groups is 1. The largest absolute Gasteiger partial charge is 0.303 e. The van der Waals surface area contributed by atoms with Crippen molar-refractivity contribution in [2.75, 3.05) is 13.2 Å². The van der Waals surface area contributed by atoms with Crippen molar-refractivity contribution < 1.29 is 0 Å². The Kier molecular flexibility index (Phi) is 5.12. The average Bonchev–Trinajstić information content (AvgIpc) is 2.25. The third-order valence-electron chi connectivity index (χ3n) is 3.01. The Hall–Kier alpha value is -0.900. The van der Waals surface area contributed by atoms with Crippen LogP contribution < -0.4 is 16.6 Å². The Balaban J connectivity index is 2.70. The van der Waals surface area contributed by atoms with Crippen molar-refractivity contribution in [1.29, 1.82) is 0 Å². The minimum atomic E-state index is 0.217. The number of benzene rings is 1. The van der Waals surface area contributed by atoms with Crippen molar-refractivity contribution in [3.8, 4) is 0 Å². The highest BCUT2D eigenvalue weighted by molar-refractivity contribution is 5.34. The highest BCUT2D eigenvalue weighted by Crippen LogP contribution is 2.24. The molecule has 0 unspecified atom stereocenters. The second-order valence-corrected chi connectivity index (χ2v) is 5.52. The molecule has 3 nitrogen and oxygen atoms in total. The van der Waals surface area contributed by atoms with E-state index in [4.69, 9.17) is 5.84 Å². The molecular formula is C14H25N3. The molecule has 0 atom stereocenters. The first kappa shape index (κ1) is 14.2. The first-order valence-electron chi connectivity index (χ1n) is 6.19. The molecule has 0 saturated carbocycles. The summed E-state index contributed by atoms with van der Waals surface area (Å²) in [5, 5.41) is 3.23. The van der Waals surface area contributed by atoms with Gasteiger partial charge >= 0.3 is 0 Å². The van der Waals surface area contributed by atoms with Crippen LogP contribution in [0, 0.1) is 6.92 Å². The van der Waals surface area contributed by atoms with Gasteiger partial charge in [0.15, 0.2) is 0 Å². The van der Waals surface area contributed by atoms with Gasteiger partial charge in [0, 0.05) is 6.54 Å². The van der Waals surface area contributed by atoms with Crippen LogP contribution in [-0.4, -0.2) is 13.2 Å². The van der Waals surface area contributed by atoms with Gasteiger partial charge in [0.25, 0.3) is 0 Å². The van der Waals surface area contributed by atoms with Crippen LogP contribution in [0.2, 0.25) is 0 Å². The maximum atomic E-state index is 5.21. The SMILES string of the molecule is Cc1ccc(C(C)(C)C)cc1CCNCNN. The molecule has 0 bridgehead atoms. The summed E-state index contributed by atoms with van der Waals surface area (Å²) >= 11 is 0. The van der Waals surface area contributed by atoms with Crippen LogP contribution >= 0.6 is 0 Å². The zero-order valence-electron chi connectivity index (χ0n) is 11.4. The molecule has 0 aromatic heterocycles. The Morgan fingerprint density at radius 3 is 2.53 bits per heavy atom. The average molecular weight is 235 g/mol. The molecule has 1 rings (SSSR count). The minimum absolute atomic E-state index is 0.217. The van der Waals surface area contributed by atoms with Crippen LogP contribution in [0.15, 0.2) is 18.2 Å². The van der Waals surface area contributed by atoms with E-state index in [-0.39, 0.29) is 5.41 Å². The van der Waals surface area contributed by atoms with Crippen molar-refractivity contribution in [2.24, 2.45) is 5.84 Å². The fourth-order valence-corrected chi connectivity index (χ4v) is 1.79. The van der Waals surface area contributed by atoms with E-state index < -0.39 is 0 Å². The van der Waals surface area contributed by atoms with Gasteiger partial charge in [-0.1, -0.05) is 39.0 Å². The van der Waals surface area contributed by atoms with E-state index in [1.54, 1.807) is 0 Å². The summed E-state index contributed by atoms with van der Waals surface area (Å²) in [7, 11) is 0. The van der Waals surface area contributed by atoms with E-state index in [2.05, 4.69) is 56.6 Å². The van der Waals surface area contributed by atoms with Crippen molar-refractivity contribution >= 4 is 0 Å². The number of rotatable bonds is 5. The van der Waals surface area contributed by atoms with E-state index >= 15 is 0 Å². The van der Waals surface area contributed by atoms with Gasteiger partial charge in [-0.15, -0.1) is 0 Å². The molecule has 1 aromatic rings. The summed E-state index contributed by atoms with van der Waals surface area (Å²) in [4.78, 5) is 0. The molecule has 0 amide bonds. The van der Waals surface area contributed by atoms with Crippen molar-refractivity contribution in [3.63, 3.8) is 0 Å². The standard InChI is InChI=1S/C14H25N3/c1-11-5-6-13(14(2,3)4)9-12(11)7-8-16-10-17-15/h5-6,9,16-17H,7-8,10,15H2,1-4H3. The molecular weight excluding hydrogens is 210 g/mol. The van der Waals surface area contributed by atoms with E-state index in [1.165, 1.54) is 16.7 Å². The predicted octanol–water partition coefficient (Wildman–Crippen LogP) is 1.85.